The van der Waals surface area contributed by atoms with Gasteiger partial charge in [0, 0.05) is 25.7 Å². The van der Waals surface area contributed by atoms with Gasteiger partial charge in [0.05, 0.1) is 6.10 Å². The van der Waals surface area contributed by atoms with E-state index in [2.05, 4.69) is 0 Å². The van der Waals surface area contributed by atoms with Gasteiger partial charge in [-0.2, -0.15) is 17.0 Å². The van der Waals surface area contributed by atoms with Gasteiger partial charge in [0.25, 0.3) is 10.2 Å². The number of hydrogen-bond acceptors (Lipinski definition) is 3. The van der Waals surface area contributed by atoms with Crippen molar-refractivity contribution in [3.63, 3.8) is 0 Å². The van der Waals surface area contributed by atoms with Crippen molar-refractivity contribution >= 4 is 10.2 Å². The third-order valence-corrected chi connectivity index (χ3v) is 5.55. The monoisotopic (exact) mass is 264 g/mol. The molecule has 1 saturated heterocycles. The van der Waals surface area contributed by atoms with Gasteiger partial charge in [0.15, 0.2) is 0 Å². The average Bonchev–Trinajstić information content (AvgIpc) is 2.63. The van der Waals surface area contributed by atoms with Crippen LogP contribution in [0.2, 0.25) is 0 Å². The Balaban J connectivity index is 2.83. The van der Waals surface area contributed by atoms with Crippen molar-refractivity contribution in [1.82, 2.24) is 8.61 Å². The summed E-state index contributed by atoms with van der Waals surface area (Å²) in [6.07, 6.45) is 1.78. The highest BCUT2D eigenvalue weighted by Crippen LogP contribution is 2.26. The van der Waals surface area contributed by atoms with E-state index in [9.17, 15) is 13.5 Å². The Labute approximate surface area is 105 Å². The SMILES string of the molecule is CC(O)CC1CCCN1S(=O)(=O)N(C)C(C)C. The molecule has 0 radical (unpaired) electrons. The third-order valence-electron chi connectivity index (χ3n) is 3.32. The fourth-order valence-corrected chi connectivity index (χ4v) is 3.97. The molecular weight excluding hydrogens is 240 g/mol. The Kier molecular flexibility index (Phi) is 4.95. The normalized spacial score (nSPS) is 24.8. The van der Waals surface area contributed by atoms with Crippen LogP contribution >= 0.6 is 0 Å². The zero-order chi connectivity index (χ0) is 13.2. The standard InChI is InChI=1S/C11H24N2O3S/c1-9(2)12(4)17(15,16)13-7-5-6-11(13)8-10(3)14/h9-11,14H,5-8H2,1-4H3. The summed E-state index contributed by atoms with van der Waals surface area (Å²) in [5, 5.41) is 9.41. The fourth-order valence-electron chi connectivity index (χ4n) is 2.17. The summed E-state index contributed by atoms with van der Waals surface area (Å²) < 4.78 is 27.6. The van der Waals surface area contributed by atoms with Crippen molar-refractivity contribution in [1.29, 1.82) is 0 Å². The highest BCUT2D eigenvalue weighted by atomic mass is 32.2. The molecule has 17 heavy (non-hydrogen) atoms. The Morgan fingerprint density at radius 3 is 2.47 bits per heavy atom. The lowest BCUT2D eigenvalue weighted by Crippen LogP contribution is -2.47. The first-order valence-corrected chi connectivity index (χ1v) is 7.59. The lowest BCUT2D eigenvalue weighted by molar-refractivity contribution is 0.155. The Hall–Kier alpha value is -0.170. The molecule has 1 heterocycles. The van der Waals surface area contributed by atoms with E-state index in [0.717, 1.165) is 12.8 Å². The lowest BCUT2D eigenvalue weighted by atomic mass is 10.1. The molecule has 0 aliphatic carbocycles. The van der Waals surface area contributed by atoms with Crippen LogP contribution in [0.3, 0.4) is 0 Å². The molecule has 0 spiro atoms. The Bertz CT molecular complexity index is 341. The second-order valence-electron chi connectivity index (χ2n) is 5.11. The summed E-state index contributed by atoms with van der Waals surface area (Å²) in [6, 6.07) is -0.103. The largest absolute Gasteiger partial charge is 0.393 e. The van der Waals surface area contributed by atoms with Crippen LogP contribution in [0.1, 0.15) is 40.0 Å². The zero-order valence-corrected chi connectivity index (χ0v) is 11.9. The van der Waals surface area contributed by atoms with Gasteiger partial charge in [0.2, 0.25) is 0 Å². The van der Waals surface area contributed by atoms with Crippen molar-refractivity contribution in [3.8, 4) is 0 Å². The minimum Gasteiger partial charge on any atom is -0.393 e. The lowest BCUT2D eigenvalue weighted by Gasteiger charge is -2.31. The molecule has 0 amide bonds. The van der Waals surface area contributed by atoms with Crippen molar-refractivity contribution < 1.29 is 13.5 Å². The Morgan fingerprint density at radius 2 is 2.00 bits per heavy atom. The predicted octanol–water partition coefficient (Wildman–Crippen LogP) is 0.807. The number of hydrogen-bond donors (Lipinski definition) is 1. The summed E-state index contributed by atoms with van der Waals surface area (Å²) in [7, 11) is -1.77. The number of aliphatic hydroxyl groups excluding tert-OH is 1. The summed E-state index contributed by atoms with van der Waals surface area (Å²) >= 11 is 0. The summed E-state index contributed by atoms with van der Waals surface area (Å²) in [5.74, 6) is 0. The van der Waals surface area contributed by atoms with Crippen LogP contribution in [0, 0.1) is 0 Å². The maximum absolute atomic E-state index is 12.3. The van der Waals surface area contributed by atoms with E-state index < -0.39 is 16.3 Å². The zero-order valence-electron chi connectivity index (χ0n) is 11.1. The summed E-state index contributed by atoms with van der Waals surface area (Å²) in [6.45, 7) is 5.99. The Morgan fingerprint density at radius 1 is 1.41 bits per heavy atom. The number of rotatable bonds is 5. The van der Waals surface area contributed by atoms with Gasteiger partial charge < -0.3 is 5.11 Å². The topological polar surface area (TPSA) is 60.9 Å². The predicted molar refractivity (Wildman–Crippen MR) is 67.8 cm³/mol. The van der Waals surface area contributed by atoms with Crippen LogP contribution in [0.15, 0.2) is 0 Å². The van der Waals surface area contributed by atoms with Crippen LogP contribution in [-0.2, 0) is 10.2 Å². The van der Waals surface area contributed by atoms with Crippen LogP contribution in [0.4, 0.5) is 0 Å². The van der Waals surface area contributed by atoms with Crippen LogP contribution in [0.5, 0.6) is 0 Å². The molecule has 1 aliphatic heterocycles. The molecule has 0 aromatic rings. The molecule has 1 rings (SSSR count). The average molecular weight is 264 g/mol. The van der Waals surface area contributed by atoms with E-state index in [1.807, 2.05) is 13.8 Å². The van der Waals surface area contributed by atoms with Gasteiger partial charge >= 0.3 is 0 Å². The summed E-state index contributed by atoms with van der Waals surface area (Å²) in [4.78, 5) is 0. The van der Waals surface area contributed by atoms with Crippen molar-refractivity contribution in [2.45, 2.75) is 58.2 Å². The molecular formula is C11H24N2O3S. The molecule has 0 saturated carbocycles. The van der Waals surface area contributed by atoms with E-state index in [1.54, 1.807) is 18.3 Å². The molecule has 0 bridgehead atoms. The van der Waals surface area contributed by atoms with E-state index in [4.69, 9.17) is 0 Å². The highest BCUT2D eigenvalue weighted by molar-refractivity contribution is 7.86. The van der Waals surface area contributed by atoms with Crippen LogP contribution in [0.25, 0.3) is 0 Å². The van der Waals surface area contributed by atoms with Crippen LogP contribution in [-0.4, -0.2) is 53.9 Å². The quantitative estimate of drug-likeness (QED) is 0.799. The minimum atomic E-state index is -3.38. The van der Waals surface area contributed by atoms with Crippen LogP contribution < -0.4 is 0 Å². The van der Waals surface area contributed by atoms with Gasteiger partial charge in [-0.05, 0) is 40.0 Å². The molecule has 1 fully saturated rings. The molecule has 2 unspecified atom stereocenters. The molecule has 1 N–H and O–H groups in total. The van der Waals surface area contributed by atoms with E-state index in [0.29, 0.717) is 13.0 Å². The van der Waals surface area contributed by atoms with Gasteiger partial charge in [-0.1, -0.05) is 0 Å². The van der Waals surface area contributed by atoms with E-state index in [1.165, 1.54) is 4.31 Å². The first kappa shape index (κ1) is 14.9. The van der Waals surface area contributed by atoms with E-state index in [-0.39, 0.29) is 12.1 Å². The molecule has 102 valence electrons. The number of aliphatic hydroxyl groups is 1. The molecule has 0 aromatic heterocycles. The number of nitrogens with zero attached hydrogens (tertiary/aromatic N) is 2. The van der Waals surface area contributed by atoms with Gasteiger partial charge in [0.1, 0.15) is 0 Å². The minimum absolute atomic E-state index is 0.0483. The molecule has 0 aromatic carbocycles. The van der Waals surface area contributed by atoms with Crippen molar-refractivity contribution in [3.05, 3.63) is 0 Å². The molecule has 5 nitrogen and oxygen atoms in total. The van der Waals surface area contributed by atoms with Crippen molar-refractivity contribution in [2.24, 2.45) is 0 Å². The highest BCUT2D eigenvalue weighted by Gasteiger charge is 2.37. The van der Waals surface area contributed by atoms with Crippen molar-refractivity contribution in [2.75, 3.05) is 13.6 Å². The first-order valence-electron chi connectivity index (χ1n) is 6.19. The van der Waals surface area contributed by atoms with E-state index >= 15 is 0 Å². The summed E-state index contributed by atoms with van der Waals surface area (Å²) in [5.41, 5.74) is 0. The second kappa shape index (κ2) is 5.65. The second-order valence-corrected chi connectivity index (χ2v) is 7.05. The van der Waals surface area contributed by atoms with Gasteiger partial charge in [-0.3, -0.25) is 0 Å². The first-order chi connectivity index (χ1) is 7.76. The molecule has 1 aliphatic rings. The van der Waals surface area contributed by atoms with Gasteiger partial charge in [-0.15, -0.1) is 0 Å². The third kappa shape index (κ3) is 3.40. The smallest absolute Gasteiger partial charge is 0.282 e. The fraction of sp³-hybridized carbons (Fsp3) is 1.00. The van der Waals surface area contributed by atoms with Gasteiger partial charge in [-0.25, -0.2) is 0 Å². The maximum atomic E-state index is 12.3. The molecule has 6 heteroatoms. The molecule has 2 atom stereocenters. The maximum Gasteiger partial charge on any atom is 0.282 e.